The summed E-state index contributed by atoms with van der Waals surface area (Å²) in [5.74, 6) is 0.483. The first-order valence-electron chi connectivity index (χ1n) is 6.68. The molecule has 0 radical (unpaired) electrons. The minimum Gasteiger partial charge on any atom is -0.508 e. The van der Waals surface area contributed by atoms with Crippen molar-refractivity contribution in [1.82, 2.24) is 0 Å². The van der Waals surface area contributed by atoms with Crippen molar-refractivity contribution in [3.05, 3.63) is 48.5 Å². The molecule has 3 N–H and O–H groups in total. The number of carbonyl (C=O) groups excluding carboxylic acids is 1. The van der Waals surface area contributed by atoms with Gasteiger partial charge in [-0.3, -0.25) is 4.79 Å². The Hall–Kier alpha value is -2.69. The van der Waals surface area contributed by atoms with Crippen molar-refractivity contribution in [2.75, 3.05) is 23.8 Å². The number of phenols is 1. The quantitative estimate of drug-likeness (QED) is 0.828. The number of phenolic OH excluding ortho intramolecular Hbond substituents is 1. The number of anilines is 2. The number of aromatic hydroxyl groups is 1. The van der Waals surface area contributed by atoms with Crippen LogP contribution in [0.4, 0.5) is 11.4 Å². The summed E-state index contributed by atoms with van der Waals surface area (Å²) in [5.41, 5.74) is 6.88. The Morgan fingerprint density at radius 2 is 2.00 bits per heavy atom. The van der Waals surface area contributed by atoms with Crippen molar-refractivity contribution >= 4 is 17.3 Å². The molecule has 5 heteroatoms. The molecule has 0 aromatic heterocycles. The number of nitrogens with two attached hydrogens (primary N) is 1. The predicted octanol–water partition coefficient (Wildman–Crippen LogP) is 2.41. The summed E-state index contributed by atoms with van der Waals surface area (Å²) < 4.78 is 5.45. The molecule has 5 nitrogen and oxygen atoms in total. The van der Waals surface area contributed by atoms with Gasteiger partial charge in [0, 0.05) is 30.1 Å². The lowest BCUT2D eigenvalue weighted by Gasteiger charge is -2.21. The Morgan fingerprint density at radius 1 is 1.24 bits per heavy atom. The third-order valence-electron chi connectivity index (χ3n) is 2.98. The summed E-state index contributed by atoms with van der Waals surface area (Å²) >= 11 is 0. The van der Waals surface area contributed by atoms with Crippen molar-refractivity contribution in [3.8, 4) is 11.5 Å². The van der Waals surface area contributed by atoms with Crippen LogP contribution in [0, 0.1) is 0 Å². The number of benzene rings is 2. The number of likely N-dealkylation sites (N-methyl/N-ethyl adjacent to an activating group) is 1. The van der Waals surface area contributed by atoms with E-state index in [1.165, 1.54) is 0 Å². The van der Waals surface area contributed by atoms with Gasteiger partial charge in [0.05, 0.1) is 0 Å². The van der Waals surface area contributed by atoms with Crippen LogP contribution in [0.15, 0.2) is 48.5 Å². The Kier molecular flexibility index (Phi) is 4.66. The van der Waals surface area contributed by atoms with Crippen molar-refractivity contribution in [1.29, 1.82) is 0 Å². The molecule has 0 saturated heterocycles. The number of nitrogens with zero attached hydrogens (tertiary/aromatic N) is 1. The molecule has 2 aromatic rings. The first-order valence-corrected chi connectivity index (χ1v) is 6.68. The van der Waals surface area contributed by atoms with Gasteiger partial charge >= 0.3 is 0 Å². The topological polar surface area (TPSA) is 75.8 Å². The zero-order valence-corrected chi connectivity index (χ0v) is 11.8. The maximum absolute atomic E-state index is 12.2. The minimum atomic E-state index is -0.189. The van der Waals surface area contributed by atoms with Crippen molar-refractivity contribution in [2.45, 2.75) is 6.92 Å². The number of nitrogen functional groups attached to an aromatic ring is 1. The first kappa shape index (κ1) is 14.7. The number of hydrogen-bond donors (Lipinski definition) is 2. The summed E-state index contributed by atoms with van der Waals surface area (Å²) in [7, 11) is 0. The van der Waals surface area contributed by atoms with Crippen LogP contribution in [0.2, 0.25) is 0 Å². The molecule has 0 aliphatic carbocycles. The highest BCUT2D eigenvalue weighted by molar-refractivity contribution is 5.94. The molecular formula is C16H18N2O3. The molecule has 2 rings (SSSR count). The lowest BCUT2D eigenvalue weighted by atomic mass is 10.2. The average molecular weight is 286 g/mol. The van der Waals surface area contributed by atoms with E-state index in [0.29, 0.717) is 23.7 Å². The van der Waals surface area contributed by atoms with Gasteiger partial charge in [-0.25, -0.2) is 0 Å². The van der Waals surface area contributed by atoms with Gasteiger partial charge < -0.3 is 20.5 Å². The van der Waals surface area contributed by atoms with E-state index in [1.54, 1.807) is 53.4 Å². The van der Waals surface area contributed by atoms with Crippen LogP contribution in [0.5, 0.6) is 11.5 Å². The normalized spacial score (nSPS) is 10.1. The first-order chi connectivity index (χ1) is 10.1. The molecule has 21 heavy (non-hydrogen) atoms. The Labute approximate surface area is 123 Å². The maximum atomic E-state index is 12.2. The van der Waals surface area contributed by atoms with Gasteiger partial charge in [-0.15, -0.1) is 0 Å². The molecule has 0 bridgehead atoms. The van der Waals surface area contributed by atoms with Crippen LogP contribution in [0.25, 0.3) is 0 Å². The molecule has 0 fully saturated rings. The highest BCUT2D eigenvalue weighted by Crippen LogP contribution is 2.20. The number of carbonyl (C=O) groups is 1. The van der Waals surface area contributed by atoms with Gasteiger partial charge in [0.15, 0.2) is 6.61 Å². The van der Waals surface area contributed by atoms with Gasteiger partial charge in [-0.2, -0.15) is 0 Å². The Bertz CT molecular complexity index is 628. The summed E-state index contributed by atoms with van der Waals surface area (Å²) in [6.07, 6.45) is 0. The largest absolute Gasteiger partial charge is 0.508 e. The summed E-state index contributed by atoms with van der Waals surface area (Å²) in [4.78, 5) is 13.8. The van der Waals surface area contributed by atoms with E-state index in [4.69, 9.17) is 10.5 Å². The lowest BCUT2D eigenvalue weighted by molar-refractivity contribution is -0.120. The number of rotatable bonds is 5. The fourth-order valence-electron chi connectivity index (χ4n) is 1.99. The van der Waals surface area contributed by atoms with E-state index in [2.05, 4.69) is 0 Å². The van der Waals surface area contributed by atoms with Crippen LogP contribution in [-0.2, 0) is 4.79 Å². The molecule has 0 saturated carbocycles. The molecule has 0 aliphatic heterocycles. The standard InChI is InChI=1S/C16H18N2O3/c1-2-18(13-6-4-7-14(19)10-13)16(20)11-21-15-8-3-5-12(17)9-15/h3-10,19H,2,11,17H2,1H3. The van der Waals surface area contributed by atoms with Crippen LogP contribution in [-0.4, -0.2) is 24.2 Å². The lowest BCUT2D eigenvalue weighted by Crippen LogP contribution is -2.34. The fourth-order valence-corrected chi connectivity index (χ4v) is 1.99. The van der Waals surface area contributed by atoms with Crippen molar-refractivity contribution < 1.29 is 14.6 Å². The van der Waals surface area contributed by atoms with Gasteiger partial charge in [0.25, 0.3) is 5.91 Å². The van der Waals surface area contributed by atoms with Crippen LogP contribution in [0.3, 0.4) is 0 Å². The SMILES string of the molecule is CCN(C(=O)COc1cccc(N)c1)c1cccc(O)c1. The van der Waals surface area contributed by atoms with Gasteiger partial charge in [0.1, 0.15) is 11.5 Å². The molecule has 2 aromatic carbocycles. The summed E-state index contributed by atoms with van der Waals surface area (Å²) in [5, 5.41) is 9.49. The van der Waals surface area contributed by atoms with E-state index >= 15 is 0 Å². The van der Waals surface area contributed by atoms with E-state index in [9.17, 15) is 9.90 Å². The second-order valence-electron chi connectivity index (χ2n) is 4.52. The second kappa shape index (κ2) is 6.65. The average Bonchev–Trinajstić information content (AvgIpc) is 2.46. The molecule has 0 aliphatic rings. The van der Waals surface area contributed by atoms with E-state index in [0.717, 1.165) is 0 Å². The molecular weight excluding hydrogens is 268 g/mol. The molecule has 0 spiro atoms. The molecule has 0 heterocycles. The molecule has 1 amide bonds. The summed E-state index contributed by atoms with van der Waals surface area (Å²) in [6, 6.07) is 13.5. The number of hydrogen-bond acceptors (Lipinski definition) is 4. The molecule has 0 atom stereocenters. The van der Waals surface area contributed by atoms with Gasteiger partial charge in [0.2, 0.25) is 0 Å². The highest BCUT2D eigenvalue weighted by atomic mass is 16.5. The zero-order valence-electron chi connectivity index (χ0n) is 11.8. The van der Waals surface area contributed by atoms with Crippen LogP contribution in [0.1, 0.15) is 6.92 Å². The van der Waals surface area contributed by atoms with Gasteiger partial charge in [-0.05, 0) is 31.2 Å². The third-order valence-corrected chi connectivity index (χ3v) is 2.98. The molecule has 0 unspecified atom stereocenters. The fraction of sp³-hybridized carbons (Fsp3) is 0.188. The van der Waals surface area contributed by atoms with E-state index in [1.807, 2.05) is 6.92 Å². The zero-order chi connectivity index (χ0) is 15.2. The highest BCUT2D eigenvalue weighted by Gasteiger charge is 2.15. The maximum Gasteiger partial charge on any atom is 0.264 e. The minimum absolute atomic E-state index is 0.0903. The summed E-state index contributed by atoms with van der Waals surface area (Å²) in [6.45, 7) is 2.26. The van der Waals surface area contributed by atoms with Crippen molar-refractivity contribution in [3.63, 3.8) is 0 Å². The monoisotopic (exact) mass is 286 g/mol. The molecule has 110 valence electrons. The second-order valence-corrected chi connectivity index (χ2v) is 4.52. The third kappa shape index (κ3) is 3.89. The Morgan fingerprint density at radius 3 is 2.67 bits per heavy atom. The van der Waals surface area contributed by atoms with E-state index < -0.39 is 0 Å². The van der Waals surface area contributed by atoms with Gasteiger partial charge in [-0.1, -0.05) is 12.1 Å². The number of amides is 1. The van der Waals surface area contributed by atoms with E-state index in [-0.39, 0.29) is 18.3 Å². The smallest absolute Gasteiger partial charge is 0.264 e. The Balaban J connectivity index is 2.04. The van der Waals surface area contributed by atoms with Crippen molar-refractivity contribution in [2.24, 2.45) is 0 Å². The van der Waals surface area contributed by atoms with Crippen LogP contribution >= 0.6 is 0 Å². The van der Waals surface area contributed by atoms with Crippen LogP contribution < -0.4 is 15.4 Å². The predicted molar refractivity (Wildman–Crippen MR) is 82.5 cm³/mol. The number of ether oxygens (including phenoxy) is 1.